The van der Waals surface area contributed by atoms with Gasteiger partial charge in [-0.2, -0.15) is 0 Å². The molecule has 3 amide bonds. The first-order chi connectivity index (χ1) is 13.5. The van der Waals surface area contributed by atoms with Gasteiger partial charge in [-0.25, -0.2) is 4.79 Å². The number of nitrogens with two attached hydrogens (primary N) is 1. The summed E-state index contributed by atoms with van der Waals surface area (Å²) >= 11 is 0. The van der Waals surface area contributed by atoms with Crippen LogP contribution in [0, 0.1) is 5.92 Å². The van der Waals surface area contributed by atoms with Gasteiger partial charge in [0.15, 0.2) is 0 Å². The number of aliphatic hydroxyl groups is 1. The summed E-state index contributed by atoms with van der Waals surface area (Å²) in [5, 5.41) is 31.1. The molecule has 0 saturated carbocycles. The van der Waals surface area contributed by atoms with Gasteiger partial charge >= 0.3 is 11.9 Å². The summed E-state index contributed by atoms with van der Waals surface area (Å²) in [7, 11) is 0. The Labute approximate surface area is 167 Å². The zero-order valence-electron chi connectivity index (χ0n) is 16.3. The average Bonchev–Trinajstić information content (AvgIpc) is 3.13. The van der Waals surface area contributed by atoms with Gasteiger partial charge in [0.05, 0.1) is 19.1 Å². The van der Waals surface area contributed by atoms with E-state index in [1.165, 1.54) is 4.90 Å². The van der Waals surface area contributed by atoms with Crippen LogP contribution < -0.4 is 16.4 Å². The molecular weight excluding hydrogens is 388 g/mol. The lowest BCUT2D eigenvalue weighted by atomic mass is 10.0. The van der Waals surface area contributed by atoms with Crippen molar-refractivity contribution in [3.63, 3.8) is 0 Å². The number of hydrogen-bond donors (Lipinski definition) is 6. The third-order valence-electron chi connectivity index (χ3n) is 4.65. The van der Waals surface area contributed by atoms with Crippen molar-refractivity contribution < 1.29 is 39.3 Å². The summed E-state index contributed by atoms with van der Waals surface area (Å²) in [6, 6.07) is -4.94. The molecule has 4 atom stereocenters. The van der Waals surface area contributed by atoms with Gasteiger partial charge < -0.3 is 36.6 Å². The third-order valence-corrected chi connectivity index (χ3v) is 4.65. The molecular formula is C17H28N4O8. The summed E-state index contributed by atoms with van der Waals surface area (Å²) in [6.07, 6.45) is 0.0513. The van der Waals surface area contributed by atoms with Crippen LogP contribution in [0.5, 0.6) is 0 Å². The van der Waals surface area contributed by atoms with Crippen molar-refractivity contribution in [3.8, 4) is 0 Å². The fraction of sp³-hybridized carbons (Fsp3) is 0.706. The highest BCUT2D eigenvalue weighted by molar-refractivity contribution is 5.95. The Kier molecular flexibility index (Phi) is 8.98. The van der Waals surface area contributed by atoms with Crippen molar-refractivity contribution in [2.24, 2.45) is 11.7 Å². The van der Waals surface area contributed by atoms with Gasteiger partial charge in [-0.3, -0.25) is 19.2 Å². The predicted molar refractivity (Wildman–Crippen MR) is 98.4 cm³/mol. The number of aliphatic hydroxyl groups excluding tert-OH is 1. The maximum Gasteiger partial charge on any atom is 0.328 e. The molecule has 4 unspecified atom stereocenters. The molecule has 0 spiro atoms. The minimum absolute atomic E-state index is 0.149. The van der Waals surface area contributed by atoms with Crippen LogP contribution in [0.15, 0.2) is 0 Å². The lowest BCUT2D eigenvalue weighted by molar-refractivity contribution is -0.145. The summed E-state index contributed by atoms with van der Waals surface area (Å²) in [5.74, 6) is -5.29. The van der Waals surface area contributed by atoms with Crippen molar-refractivity contribution in [1.82, 2.24) is 15.5 Å². The number of aliphatic carboxylic acids is 2. The summed E-state index contributed by atoms with van der Waals surface area (Å²) in [4.78, 5) is 60.7. The SMILES string of the molecule is CC(C)C(N)C(=O)N1CCCC1C(=O)NC(CC(=O)O)C(=O)NC(CO)C(=O)O. The second-order valence-electron chi connectivity index (χ2n) is 7.20. The molecule has 1 saturated heterocycles. The Morgan fingerprint density at radius 1 is 1.10 bits per heavy atom. The van der Waals surface area contributed by atoms with E-state index in [0.29, 0.717) is 19.4 Å². The van der Waals surface area contributed by atoms with E-state index < -0.39 is 66.9 Å². The zero-order chi connectivity index (χ0) is 22.3. The fourth-order valence-electron chi connectivity index (χ4n) is 2.89. The van der Waals surface area contributed by atoms with Crippen LogP contribution in [0.2, 0.25) is 0 Å². The first-order valence-electron chi connectivity index (χ1n) is 9.21. The summed E-state index contributed by atoms with van der Waals surface area (Å²) < 4.78 is 0. The molecule has 7 N–H and O–H groups in total. The van der Waals surface area contributed by atoms with E-state index in [-0.39, 0.29) is 5.92 Å². The molecule has 164 valence electrons. The van der Waals surface area contributed by atoms with Gasteiger partial charge in [-0.15, -0.1) is 0 Å². The van der Waals surface area contributed by atoms with Gasteiger partial charge in [0.2, 0.25) is 17.7 Å². The zero-order valence-corrected chi connectivity index (χ0v) is 16.3. The molecule has 0 aliphatic carbocycles. The fourth-order valence-corrected chi connectivity index (χ4v) is 2.89. The van der Waals surface area contributed by atoms with E-state index in [4.69, 9.17) is 21.1 Å². The highest BCUT2D eigenvalue weighted by Crippen LogP contribution is 2.20. The number of hydrogen-bond acceptors (Lipinski definition) is 7. The highest BCUT2D eigenvalue weighted by Gasteiger charge is 2.38. The van der Waals surface area contributed by atoms with Crippen molar-refractivity contribution >= 4 is 29.7 Å². The number of likely N-dealkylation sites (tertiary alicyclic amines) is 1. The molecule has 1 fully saturated rings. The Hall–Kier alpha value is -2.73. The molecule has 1 rings (SSSR count). The van der Waals surface area contributed by atoms with Crippen LogP contribution in [-0.2, 0) is 24.0 Å². The number of amides is 3. The first kappa shape index (κ1) is 24.3. The lowest BCUT2D eigenvalue weighted by Crippen LogP contribution is -2.57. The molecule has 0 aromatic carbocycles. The minimum atomic E-state index is -1.65. The molecule has 29 heavy (non-hydrogen) atoms. The number of carboxylic acids is 2. The Bertz CT molecular complexity index is 653. The van der Waals surface area contributed by atoms with Crippen LogP contribution in [0.1, 0.15) is 33.1 Å². The second kappa shape index (κ2) is 10.7. The van der Waals surface area contributed by atoms with Gasteiger partial charge in [0, 0.05) is 6.54 Å². The largest absolute Gasteiger partial charge is 0.481 e. The van der Waals surface area contributed by atoms with E-state index in [2.05, 4.69) is 5.32 Å². The Morgan fingerprint density at radius 2 is 1.72 bits per heavy atom. The molecule has 0 bridgehead atoms. The monoisotopic (exact) mass is 416 g/mol. The molecule has 0 aromatic heterocycles. The number of carboxylic acid groups (broad SMARTS) is 2. The second-order valence-corrected chi connectivity index (χ2v) is 7.20. The van der Waals surface area contributed by atoms with E-state index in [1.54, 1.807) is 13.8 Å². The molecule has 1 aliphatic rings. The Balaban J connectivity index is 2.91. The van der Waals surface area contributed by atoms with Gasteiger partial charge in [-0.1, -0.05) is 13.8 Å². The highest BCUT2D eigenvalue weighted by atomic mass is 16.4. The van der Waals surface area contributed by atoms with Crippen molar-refractivity contribution in [2.75, 3.05) is 13.2 Å². The molecule has 12 nitrogen and oxygen atoms in total. The number of carbonyl (C=O) groups excluding carboxylic acids is 3. The van der Waals surface area contributed by atoms with Crippen LogP contribution in [0.25, 0.3) is 0 Å². The normalized spacial score (nSPS) is 19.3. The molecule has 1 heterocycles. The van der Waals surface area contributed by atoms with E-state index in [0.717, 1.165) is 0 Å². The smallest absolute Gasteiger partial charge is 0.328 e. The molecule has 12 heteroatoms. The number of nitrogens with zero attached hydrogens (tertiary/aromatic N) is 1. The quantitative estimate of drug-likeness (QED) is 0.222. The van der Waals surface area contributed by atoms with Gasteiger partial charge in [-0.05, 0) is 18.8 Å². The predicted octanol–water partition coefficient (Wildman–Crippen LogP) is -2.52. The van der Waals surface area contributed by atoms with Gasteiger partial charge in [0.1, 0.15) is 18.1 Å². The number of rotatable bonds is 10. The van der Waals surface area contributed by atoms with Crippen LogP contribution in [-0.4, -0.2) is 87.2 Å². The van der Waals surface area contributed by atoms with Crippen molar-refractivity contribution in [1.29, 1.82) is 0 Å². The maximum atomic E-state index is 12.7. The number of carbonyl (C=O) groups is 5. The van der Waals surface area contributed by atoms with Crippen LogP contribution in [0.4, 0.5) is 0 Å². The molecule has 0 aromatic rings. The topological polar surface area (TPSA) is 199 Å². The van der Waals surface area contributed by atoms with E-state index in [1.807, 2.05) is 5.32 Å². The number of nitrogens with one attached hydrogen (secondary N) is 2. The average molecular weight is 416 g/mol. The Morgan fingerprint density at radius 3 is 2.21 bits per heavy atom. The van der Waals surface area contributed by atoms with E-state index >= 15 is 0 Å². The van der Waals surface area contributed by atoms with Crippen LogP contribution >= 0.6 is 0 Å². The van der Waals surface area contributed by atoms with Crippen molar-refractivity contribution in [3.05, 3.63) is 0 Å². The first-order valence-corrected chi connectivity index (χ1v) is 9.21. The molecule has 0 radical (unpaired) electrons. The standard InChI is InChI=1S/C17H28N4O8/c1-8(2)13(18)16(27)21-5-3-4-11(21)15(26)19-9(6-12(23)24)14(25)20-10(7-22)17(28)29/h8-11,13,22H,3-7,18H2,1-2H3,(H,19,26)(H,20,25)(H,23,24)(H,28,29). The summed E-state index contributed by atoms with van der Waals surface area (Å²) in [6.45, 7) is 2.92. The lowest BCUT2D eigenvalue weighted by Gasteiger charge is -2.29. The third kappa shape index (κ3) is 6.68. The summed E-state index contributed by atoms with van der Waals surface area (Å²) in [5.41, 5.74) is 5.87. The maximum absolute atomic E-state index is 12.7. The van der Waals surface area contributed by atoms with Gasteiger partial charge in [0.25, 0.3) is 0 Å². The van der Waals surface area contributed by atoms with Crippen LogP contribution in [0.3, 0.4) is 0 Å². The van der Waals surface area contributed by atoms with Crippen molar-refractivity contribution in [2.45, 2.75) is 57.3 Å². The minimum Gasteiger partial charge on any atom is -0.481 e. The molecule has 1 aliphatic heterocycles. The van der Waals surface area contributed by atoms with E-state index in [9.17, 15) is 24.0 Å².